The maximum absolute atomic E-state index is 12.6. The second kappa shape index (κ2) is 6.84. The summed E-state index contributed by atoms with van der Waals surface area (Å²) in [6, 6.07) is 8.15. The van der Waals surface area contributed by atoms with Crippen molar-refractivity contribution in [3.8, 4) is 0 Å². The van der Waals surface area contributed by atoms with Crippen LogP contribution in [-0.2, 0) is 4.74 Å². The number of aliphatic hydroxyl groups excluding tert-OH is 2. The molecular formula is C31H36N2O4. The quantitative estimate of drug-likeness (QED) is 0.549. The predicted octanol–water partition coefficient (Wildman–Crippen LogP) is 3.63. The van der Waals surface area contributed by atoms with E-state index in [1.54, 1.807) is 6.20 Å². The zero-order valence-electron chi connectivity index (χ0n) is 21.8. The Kier molecular flexibility index (Phi) is 4.20. The second-order valence-corrected chi connectivity index (χ2v) is 13.2. The molecule has 1 aromatic carbocycles. The second-order valence-electron chi connectivity index (χ2n) is 13.2. The molecule has 37 heavy (non-hydrogen) atoms. The molecule has 3 N–H and O–H groups in total. The molecule has 2 aromatic rings. The van der Waals surface area contributed by atoms with Crippen LogP contribution in [0.5, 0.6) is 0 Å². The predicted molar refractivity (Wildman–Crippen MR) is 142 cm³/mol. The van der Waals surface area contributed by atoms with E-state index in [9.17, 15) is 15.0 Å². The minimum absolute atomic E-state index is 0.0454. The lowest BCUT2D eigenvalue weighted by Crippen LogP contribution is -2.67. The first-order valence-corrected chi connectivity index (χ1v) is 13.9. The van der Waals surface area contributed by atoms with Gasteiger partial charge in [-0.3, -0.25) is 4.79 Å². The number of ether oxygens (including phenoxy) is 1. The number of aliphatic hydroxyl groups is 2. The standard InChI is InChI=1S/C31H36N2O4/c1-28-10-8-21-22-15-30(22)26(35)25(34)23(33(2)3)16-29(30)11-12-31(21,37-29)24(28)7-6-20(28)18-5-4-17-9-13-32-27(36)19(17)14-18/h4-6,8-9,13-14,22-26,34-35H,7,10-12,15-16H2,1-3H3,(H,32,36). The third kappa shape index (κ3) is 2.45. The lowest BCUT2D eigenvalue weighted by molar-refractivity contribution is -0.248. The van der Waals surface area contributed by atoms with E-state index in [4.69, 9.17) is 4.74 Å². The van der Waals surface area contributed by atoms with Crippen LogP contribution >= 0.6 is 0 Å². The molecule has 1 aromatic heterocycles. The minimum atomic E-state index is -0.753. The largest absolute Gasteiger partial charge is 0.390 e. The van der Waals surface area contributed by atoms with Crippen LogP contribution < -0.4 is 5.56 Å². The van der Waals surface area contributed by atoms with Gasteiger partial charge in [-0.05, 0) is 92.8 Å². The number of hydrogen-bond donors (Lipinski definition) is 3. The molecular weight excluding hydrogens is 464 g/mol. The molecule has 2 bridgehead atoms. The third-order valence-electron chi connectivity index (χ3n) is 11.8. The van der Waals surface area contributed by atoms with Crippen LogP contribution in [0, 0.1) is 22.7 Å². The highest BCUT2D eigenvalue weighted by atomic mass is 16.5. The molecule has 6 heteroatoms. The van der Waals surface area contributed by atoms with Gasteiger partial charge in [0.05, 0.1) is 23.4 Å². The molecule has 0 radical (unpaired) electrons. The smallest absolute Gasteiger partial charge is 0.255 e. The summed E-state index contributed by atoms with van der Waals surface area (Å²) in [5, 5.41) is 24.3. The molecule has 0 amide bonds. The van der Waals surface area contributed by atoms with Crippen molar-refractivity contribution in [2.45, 2.75) is 74.9 Å². The van der Waals surface area contributed by atoms with E-state index in [1.807, 2.05) is 20.2 Å². The number of H-pyrrole nitrogens is 1. The van der Waals surface area contributed by atoms with Gasteiger partial charge in [-0.25, -0.2) is 0 Å². The molecule has 2 saturated heterocycles. The molecule has 2 aliphatic heterocycles. The van der Waals surface area contributed by atoms with Gasteiger partial charge in [0, 0.05) is 34.4 Å². The number of hydrogen-bond acceptors (Lipinski definition) is 5. The van der Waals surface area contributed by atoms with Gasteiger partial charge in [0.1, 0.15) is 0 Å². The molecule has 8 rings (SSSR count). The highest BCUT2D eigenvalue weighted by Crippen LogP contribution is 2.81. The molecule has 9 atom stereocenters. The Labute approximate surface area is 217 Å². The van der Waals surface area contributed by atoms with Crippen molar-refractivity contribution in [2.75, 3.05) is 14.1 Å². The molecule has 4 aliphatic carbocycles. The summed E-state index contributed by atoms with van der Waals surface area (Å²) < 4.78 is 7.42. The highest BCUT2D eigenvalue weighted by Gasteiger charge is 2.84. The summed E-state index contributed by atoms with van der Waals surface area (Å²) in [4.78, 5) is 17.4. The Hall–Kier alpha value is -2.25. The Morgan fingerprint density at radius 3 is 2.76 bits per heavy atom. The van der Waals surface area contributed by atoms with Crippen molar-refractivity contribution in [3.05, 3.63) is 64.1 Å². The Bertz CT molecular complexity index is 1480. The number of aromatic nitrogens is 1. The van der Waals surface area contributed by atoms with Crippen molar-refractivity contribution in [2.24, 2.45) is 22.7 Å². The van der Waals surface area contributed by atoms with Crippen LogP contribution in [-0.4, -0.2) is 63.6 Å². The summed E-state index contributed by atoms with van der Waals surface area (Å²) in [6.45, 7) is 2.39. The van der Waals surface area contributed by atoms with E-state index in [2.05, 4.69) is 47.2 Å². The zero-order valence-corrected chi connectivity index (χ0v) is 21.8. The average molecular weight is 501 g/mol. The fourth-order valence-electron chi connectivity index (χ4n) is 9.98. The fourth-order valence-corrected chi connectivity index (χ4v) is 9.98. The van der Waals surface area contributed by atoms with Gasteiger partial charge in [-0.15, -0.1) is 0 Å². The summed E-state index contributed by atoms with van der Waals surface area (Å²) in [5.74, 6) is 0.642. The van der Waals surface area contributed by atoms with Crippen molar-refractivity contribution in [1.82, 2.24) is 9.88 Å². The number of benzene rings is 1. The first-order valence-electron chi connectivity index (χ1n) is 13.9. The summed E-state index contributed by atoms with van der Waals surface area (Å²) in [6.07, 6.45) is 10.6. The molecule has 6 aliphatic rings. The van der Waals surface area contributed by atoms with Gasteiger partial charge >= 0.3 is 0 Å². The first kappa shape index (κ1) is 22.7. The van der Waals surface area contributed by atoms with Gasteiger partial charge in [-0.1, -0.05) is 31.2 Å². The topological polar surface area (TPSA) is 85.8 Å². The molecule has 6 nitrogen and oxygen atoms in total. The molecule has 194 valence electrons. The number of pyridine rings is 1. The van der Waals surface area contributed by atoms with Crippen LogP contribution in [0.25, 0.3) is 16.3 Å². The monoisotopic (exact) mass is 500 g/mol. The summed E-state index contributed by atoms with van der Waals surface area (Å²) in [5.41, 5.74) is 2.73. The molecule has 3 heterocycles. The maximum atomic E-state index is 12.6. The number of likely N-dealkylation sites (N-methyl/N-ethyl adjacent to an activating group) is 1. The zero-order chi connectivity index (χ0) is 25.5. The van der Waals surface area contributed by atoms with Crippen LogP contribution in [0.15, 0.2) is 53.0 Å². The third-order valence-corrected chi connectivity index (χ3v) is 11.8. The van der Waals surface area contributed by atoms with E-state index >= 15 is 0 Å². The SMILES string of the molecule is CN(C)C1CC23CCC4(O2)C(=CCC2(C)C(c5ccc6cc[nH]c(=O)c6c5)=CCC24)C2CC23C(O)C1O. The van der Waals surface area contributed by atoms with E-state index in [0.29, 0.717) is 11.8 Å². The number of allylic oxidation sites excluding steroid dienone is 3. The molecule has 2 saturated carbocycles. The Balaban J connectivity index is 1.22. The lowest BCUT2D eigenvalue weighted by Gasteiger charge is -2.59. The summed E-state index contributed by atoms with van der Waals surface area (Å²) >= 11 is 0. The fraction of sp³-hybridized carbons (Fsp3) is 0.581. The first-order chi connectivity index (χ1) is 17.7. The van der Waals surface area contributed by atoms with Crippen LogP contribution in [0.2, 0.25) is 0 Å². The van der Waals surface area contributed by atoms with Crippen LogP contribution in [0.3, 0.4) is 0 Å². The number of aromatic amines is 1. The number of rotatable bonds is 2. The maximum Gasteiger partial charge on any atom is 0.255 e. The van der Waals surface area contributed by atoms with Crippen LogP contribution in [0.4, 0.5) is 0 Å². The normalized spacial score (nSPS) is 47.1. The van der Waals surface area contributed by atoms with E-state index in [0.717, 1.165) is 54.9 Å². The average Bonchev–Trinajstić information content (AvgIpc) is 3.41. The van der Waals surface area contributed by atoms with E-state index < -0.39 is 12.2 Å². The molecule has 4 fully saturated rings. The van der Waals surface area contributed by atoms with Crippen molar-refractivity contribution in [1.29, 1.82) is 0 Å². The Morgan fingerprint density at radius 1 is 1.11 bits per heavy atom. The lowest BCUT2D eigenvalue weighted by atomic mass is 9.57. The van der Waals surface area contributed by atoms with Gasteiger partial charge in [0.15, 0.2) is 0 Å². The summed E-state index contributed by atoms with van der Waals surface area (Å²) in [7, 11) is 4.00. The van der Waals surface area contributed by atoms with Gasteiger partial charge in [0.2, 0.25) is 0 Å². The van der Waals surface area contributed by atoms with Gasteiger partial charge < -0.3 is 24.8 Å². The minimum Gasteiger partial charge on any atom is -0.390 e. The van der Waals surface area contributed by atoms with E-state index in [-0.39, 0.29) is 33.6 Å². The highest BCUT2D eigenvalue weighted by molar-refractivity contribution is 5.87. The van der Waals surface area contributed by atoms with Crippen molar-refractivity contribution < 1.29 is 14.9 Å². The molecule has 3 spiro atoms. The number of nitrogens with one attached hydrogen (secondary N) is 1. The number of nitrogens with zero attached hydrogens (tertiary/aromatic N) is 1. The van der Waals surface area contributed by atoms with Gasteiger partial charge in [-0.2, -0.15) is 0 Å². The van der Waals surface area contributed by atoms with Crippen molar-refractivity contribution >= 4 is 16.3 Å². The Morgan fingerprint density at radius 2 is 1.95 bits per heavy atom. The van der Waals surface area contributed by atoms with Crippen molar-refractivity contribution in [3.63, 3.8) is 0 Å². The van der Waals surface area contributed by atoms with Gasteiger partial charge in [0.25, 0.3) is 5.56 Å². The van der Waals surface area contributed by atoms with E-state index in [1.165, 1.54) is 11.1 Å². The van der Waals surface area contributed by atoms with Crippen LogP contribution in [0.1, 0.15) is 51.0 Å². The number of fused-ring (bicyclic) bond motifs is 3. The molecule has 9 unspecified atom stereocenters.